The van der Waals surface area contributed by atoms with Gasteiger partial charge in [0, 0.05) is 17.8 Å². The van der Waals surface area contributed by atoms with Crippen molar-refractivity contribution in [2.24, 2.45) is 0 Å². The van der Waals surface area contributed by atoms with E-state index < -0.39 is 0 Å². The molecular formula is C9H12N2O. The maximum atomic E-state index is 9.32. The lowest BCUT2D eigenvalue weighted by atomic mass is 10.0. The van der Waals surface area contributed by atoms with Crippen LogP contribution in [-0.2, 0) is 6.42 Å². The van der Waals surface area contributed by atoms with Crippen molar-refractivity contribution in [1.82, 2.24) is 0 Å². The lowest BCUT2D eigenvalue weighted by Crippen LogP contribution is -2.13. The van der Waals surface area contributed by atoms with Gasteiger partial charge in [0.05, 0.1) is 5.69 Å². The first kappa shape index (κ1) is 7.28. The average Bonchev–Trinajstić information content (AvgIpc) is 2.12. The van der Waals surface area contributed by atoms with Crippen LogP contribution in [0.3, 0.4) is 0 Å². The summed E-state index contributed by atoms with van der Waals surface area (Å²) in [5, 5.41) is 12.6. The number of rotatable bonds is 0. The predicted octanol–water partition coefficient (Wildman–Crippen LogP) is 1.33. The largest absolute Gasteiger partial charge is 0.506 e. The second-order valence-corrected chi connectivity index (χ2v) is 3.05. The van der Waals surface area contributed by atoms with Gasteiger partial charge in [0.2, 0.25) is 0 Å². The average molecular weight is 164 g/mol. The molecule has 0 unspecified atom stereocenters. The molecule has 3 nitrogen and oxygen atoms in total. The van der Waals surface area contributed by atoms with E-state index in [-0.39, 0.29) is 5.75 Å². The van der Waals surface area contributed by atoms with Gasteiger partial charge in [-0.25, -0.2) is 0 Å². The van der Waals surface area contributed by atoms with Crippen LogP contribution in [0.2, 0.25) is 0 Å². The molecule has 1 aliphatic rings. The van der Waals surface area contributed by atoms with E-state index >= 15 is 0 Å². The lowest BCUT2D eigenvalue weighted by Gasteiger charge is -2.19. The van der Waals surface area contributed by atoms with Crippen molar-refractivity contribution in [2.45, 2.75) is 12.8 Å². The minimum absolute atomic E-state index is 0.192. The maximum absolute atomic E-state index is 9.32. The van der Waals surface area contributed by atoms with Crippen LogP contribution in [-0.4, -0.2) is 11.7 Å². The third-order valence-corrected chi connectivity index (χ3v) is 2.25. The second-order valence-electron chi connectivity index (χ2n) is 3.05. The molecule has 0 aromatic heterocycles. The number of phenolic OH excluding ortho intramolecular Hbond substituents is 1. The highest BCUT2D eigenvalue weighted by Crippen LogP contribution is 2.33. The van der Waals surface area contributed by atoms with Gasteiger partial charge in [-0.2, -0.15) is 0 Å². The summed E-state index contributed by atoms with van der Waals surface area (Å²) in [7, 11) is 0. The SMILES string of the molecule is Nc1c(O)ccc2c1CCCN2. The number of aromatic hydroxyl groups is 1. The lowest BCUT2D eigenvalue weighted by molar-refractivity contribution is 0.477. The Morgan fingerprint density at radius 1 is 1.42 bits per heavy atom. The van der Waals surface area contributed by atoms with E-state index in [1.165, 1.54) is 0 Å². The van der Waals surface area contributed by atoms with E-state index in [2.05, 4.69) is 5.32 Å². The van der Waals surface area contributed by atoms with Crippen LogP contribution in [0.25, 0.3) is 0 Å². The molecule has 0 bridgehead atoms. The van der Waals surface area contributed by atoms with Gasteiger partial charge in [0.25, 0.3) is 0 Å². The molecule has 64 valence electrons. The normalized spacial score (nSPS) is 15.0. The summed E-state index contributed by atoms with van der Waals surface area (Å²) in [5.41, 5.74) is 8.36. The van der Waals surface area contributed by atoms with Crippen LogP contribution in [0.15, 0.2) is 12.1 Å². The molecule has 12 heavy (non-hydrogen) atoms. The van der Waals surface area contributed by atoms with Crippen molar-refractivity contribution >= 4 is 11.4 Å². The molecule has 0 saturated carbocycles. The number of hydrogen-bond acceptors (Lipinski definition) is 3. The Morgan fingerprint density at radius 2 is 2.25 bits per heavy atom. The number of benzene rings is 1. The van der Waals surface area contributed by atoms with Crippen LogP contribution in [0.4, 0.5) is 11.4 Å². The van der Waals surface area contributed by atoms with E-state index in [4.69, 9.17) is 5.73 Å². The predicted molar refractivity (Wildman–Crippen MR) is 49.3 cm³/mol. The van der Waals surface area contributed by atoms with Crippen molar-refractivity contribution in [3.63, 3.8) is 0 Å². The highest BCUT2D eigenvalue weighted by Gasteiger charge is 2.13. The highest BCUT2D eigenvalue weighted by atomic mass is 16.3. The van der Waals surface area contributed by atoms with Crippen LogP contribution >= 0.6 is 0 Å². The third kappa shape index (κ3) is 0.978. The monoisotopic (exact) mass is 164 g/mol. The summed E-state index contributed by atoms with van der Waals surface area (Å²) in [6.07, 6.45) is 2.04. The second kappa shape index (κ2) is 2.59. The van der Waals surface area contributed by atoms with Gasteiger partial charge in [0.1, 0.15) is 5.75 Å². The molecule has 4 N–H and O–H groups in total. The zero-order valence-electron chi connectivity index (χ0n) is 6.80. The van der Waals surface area contributed by atoms with Gasteiger partial charge >= 0.3 is 0 Å². The molecule has 1 heterocycles. The summed E-state index contributed by atoms with van der Waals surface area (Å²) >= 11 is 0. The van der Waals surface area contributed by atoms with Crippen LogP contribution < -0.4 is 11.1 Å². The Hall–Kier alpha value is -1.38. The van der Waals surface area contributed by atoms with Gasteiger partial charge in [-0.1, -0.05) is 0 Å². The van der Waals surface area contributed by atoms with E-state index in [1.807, 2.05) is 6.07 Å². The summed E-state index contributed by atoms with van der Waals surface area (Å²) in [6, 6.07) is 3.51. The quantitative estimate of drug-likeness (QED) is 0.308. The molecule has 0 aliphatic carbocycles. The van der Waals surface area contributed by atoms with Crippen molar-refractivity contribution in [1.29, 1.82) is 0 Å². The van der Waals surface area contributed by atoms with Gasteiger partial charge in [-0.05, 0) is 25.0 Å². The van der Waals surface area contributed by atoms with Gasteiger partial charge in [-0.15, -0.1) is 0 Å². The number of nitrogens with one attached hydrogen (secondary N) is 1. The van der Waals surface area contributed by atoms with E-state index in [0.29, 0.717) is 5.69 Å². The molecular weight excluding hydrogens is 152 g/mol. The Morgan fingerprint density at radius 3 is 3.08 bits per heavy atom. The van der Waals surface area contributed by atoms with Crippen molar-refractivity contribution in [2.75, 3.05) is 17.6 Å². The smallest absolute Gasteiger partial charge is 0.138 e. The molecule has 1 aromatic rings. The fourth-order valence-corrected chi connectivity index (χ4v) is 1.58. The number of hydrogen-bond donors (Lipinski definition) is 3. The molecule has 0 amide bonds. The van der Waals surface area contributed by atoms with Crippen molar-refractivity contribution in [3.05, 3.63) is 17.7 Å². The fourth-order valence-electron chi connectivity index (χ4n) is 1.58. The van der Waals surface area contributed by atoms with Crippen LogP contribution in [0, 0.1) is 0 Å². The highest BCUT2D eigenvalue weighted by molar-refractivity contribution is 5.70. The van der Waals surface area contributed by atoms with Crippen molar-refractivity contribution < 1.29 is 5.11 Å². The Kier molecular flexibility index (Phi) is 1.57. The molecule has 0 radical (unpaired) electrons. The molecule has 2 rings (SSSR count). The van der Waals surface area contributed by atoms with E-state index in [1.54, 1.807) is 6.07 Å². The summed E-state index contributed by atoms with van der Waals surface area (Å²) < 4.78 is 0. The van der Waals surface area contributed by atoms with Crippen LogP contribution in [0.5, 0.6) is 5.75 Å². The molecule has 0 atom stereocenters. The Bertz CT molecular complexity index is 310. The summed E-state index contributed by atoms with van der Waals surface area (Å²) in [6.45, 7) is 0.997. The number of nitrogen functional groups attached to an aromatic ring is 1. The molecule has 3 heteroatoms. The van der Waals surface area contributed by atoms with Crippen molar-refractivity contribution in [3.8, 4) is 5.75 Å². The van der Waals surface area contributed by atoms with E-state index in [0.717, 1.165) is 30.6 Å². The van der Waals surface area contributed by atoms with Gasteiger partial charge in [-0.3, -0.25) is 0 Å². The minimum atomic E-state index is 0.192. The molecule has 0 spiro atoms. The first-order valence-corrected chi connectivity index (χ1v) is 4.13. The summed E-state index contributed by atoms with van der Waals surface area (Å²) in [4.78, 5) is 0. The molecule has 1 aliphatic heterocycles. The van der Waals surface area contributed by atoms with Gasteiger partial charge in [0.15, 0.2) is 0 Å². The fraction of sp³-hybridized carbons (Fsp3) is 0.333. The molecule has 1 aromatic carbocycles. The maximum Gasteiger partial charge on any atom is 0.138 e. The third-order valence-electron chi connectivity index (χ3n) is 2.25. The van der Waals surface area contributed by atoms with Gasteiger partial charge < -0.3 is 16.2 Å². The number of anilines is 2. The minimum Gasteiger partial charge on any atom is -0.506 e. The molecule has 0 fully saturated rings. The zero-order valence-corrected chi connectivity index (χ0v) is 6.80. The zero-order chi connectivity index (χ0) is 8.55. The first-order valence-electron chi connectivity index (χ1n) is 4.13. The topological polar surface area (TPSA) is 58.3 Å². The van der Waals surface area contributed by atoms with Crippen LogP contribution in [0.1, 0.15) is 12.0 Å². The Balaban J connectivity index is 2.54. The van der Waals surface area contributed by atoms with E-state index in [9.17, 15) is 5.11 Å². The summed E-state index contributed by atoms with van der Waals surface area (Å²) in [5.74, 6) is 0.192. The Labute approximate surface area is 71.2 Å². The number of phenols is 1. The number of nitrogens with two attached hydrogens (primary N) is 1. The number of fused-ring (bicyclic) bond motifs is 1. The first-order chi connectivity index (χ1) is 5.79. The molecule has 0 saturated heterocycles. The standard InChI is InChI=1S/C9H12N2O/c10-9-6-2-1-5-11-7(6)3-4-8(9)12/h3-4,11-12H,1-2,5,10H2.